The Kier molecular flexibility index (Phi) is 3.94. The largest absolute Gasteiger partial charge is 0.464 e. The first kappa shape index (κ1) is 13.3. The molecule has 0 N–H and O–H groups in total. The van der Waals surface area contributed by atoms with Crippen molar-refractivity contribution >= 4 is 17.7 Å². The Hall–Kier alpha value is -2.18. The lowest BCUT2D eigenvalue weighted by molar-refractivity contribution is -0.127. The molecule has 1 aliphatic rings. The van der Waals surface area contributed by atoms with E-state index >= 15 is 0 Å². The normalized spacial score (nSPS) is 16.2. The number of amides is 1. The van der Waals surface area contributed by atoms with E-state index in [1.54, 1.807) is 18.1 Å². The van der Waals surface area contributed by atoms with Gasteiger partial charge >= 0.3 is 5.97 Å². The minimum Gasteiger partial charge on any atom is -0.464 e. The summed E-state index contributed by atoms with van der Waals surface area (Å²) in [5, 5.41) is 0. The number of carbonyl (C=O) groups is 2. The van der Waals surface area contributed by atoms with Crippen LogP contribution in [0.4, 0.5) is 5.82 Å². The van der Waals surface area contributed by atoms with Crippen LogP contribution in [0.3, 0.4) is 0 Å². The van der Waals surface area contributed by atoms with Crippen LogP contribution in [-0.4, -0.2) is 60.5 Å². The maximum atomic E-state index is 11.8. The number of methoxy groups -OCH3 is 1. The molecule has 0 radical (unpaired) electrons. The molecule has 0 unspecified atom stereocenters. The molecule has 1 amide bonds. The molecule has 1 aromatic heterocycles. The molecule has 0 bridgehead atoms. The highest BCUT2D eigenvalue weighted by Gasteiger charge is 2.21. The molecule has 0 atom stereocenters. The number of rotatable bonds is 2. The van der Waals surface area contributed by atoms with Crippen LogP contribution in [0.1, 0.15) is 16.9 Å². The molecule has 0 aliphatic carbocycles. The molecule has 0 spiro atoms. The van der Waals surface area contributed by atoms with Gasteiger partial charge in [-0.05, 0) is 6.42 Å². The van der Waals surface area contributed by atoms with Crippen molar-refractivity contribution in [1.29, 1.82) is 0 Å². The van der Waals surface area contributed by atoms with Crippen LogP contribution in [0.25, 0.3) is 0 Å². The van der Waals surface area contributed by atoms with Gasteiger partial charge in [-0.3, -0.25) is 9.78 Å². The van der Waals surface area contributed by atoms with Crippen molar-refractivity contribution in [2.24, 2.45) is 0 Å². The van der Waals surface area contributed by atoms with Crippen LogP contribution in [0.15, 0.2) is 12.4 Å². The van der Waals surface area contributed by atoms with E-state index < -0.39 is 5.97 Å². The van der Waals surface area contributed by atoms with E-state index in [0.717, 1.165) is 13.0 Å². The molecule has 102 valence electrons. The van der Waals surface area contributed by atoms with E-state index in [1.807, 2.05) is 4.90 Å². The molecule has 1 aliphatic heterocycles. The Morgan fingerprint density at radius 1 is 1.37 bits per heavy atom. The third kappa shape index (κ3) is 2.98. The number of anilines is 1. The molecular weight excluding hydrogens is 248 g/mol. The predicted octanol–water partition coefficient (Wildman–Crippen LogP) is -0.0683. The van der Waals surface area contributed by atoms with Gasteiger partial charge in [0.05, 0.1) is 26.0 Å². The first-order valence-electron chi connectivity index (χ1n) is 6.01. The molecule has 7 nitrogen and oxygen atoms in total. The molecule has 1 aromatic rings. The van der Waals surface area contributed by atoms with Gasteiger partial charge in [0.15, 0.2) is 5.69 Å². The van der Waals surface area contributed by atoms with E-state index in [1.165, 1.54) is 13.3 Å². The van der Waals surface area contributed by atoms with Crippen LogP contribution in [-0.2, 0) is 9.53 Å². The molecule has 2 heterocycles. The molecule has 2 rings (SSSR count). The zero-order valence-electron chi connectivity index (χ0n) is 11.0. The predicted molar refractivity (Wildman–Crippen MR) is 67.8 cm³/mol. The lowest BCUT2D eigenvalue weighted by Crippen LogP contribution is -2.35. The topological polar surface area (TPSA) is 75.6 Å². The van der Waals surface area contributed by atoms with Gasteiger partial charge in [0.2, 0.25) is 5.91 Å². The Bertz CT molecular complexity index is 492. The van der Waals surface area contributed by atoms with E-state index in [4.69, 9.17) is 0 Å². The van der Waals surface area contributed by atoms with E-state index in [2.05, 4.69) is 14.7 Å². The van der Waals surface area contributed by atoms with Crippen molar-refractivity contribution in [1.82, 2.24) is 14.9 Å². The minimum absolute atomic E-state index is 0.0303. The Labute approximate surface area is 111 Å². The number of ether oxygens (including phenoxy) is 1. The Balaban J connectivity index is 2.21. The van der Waals surface area contributed by atoms with E-state index in [-0.39, 0.29) is 18.1 Å². The lowest BCUT2D eigenvalue weighted by Gasteiger charge is -2.20. The molecule has 1 fully saturated rings. The molecule has 0 saturated carbocycles. The minimum atomic E-state index is -0.535. The van der Waals surface area contributed by atoms with Crippen LogP contribution in [0, 0.1) is 0 Å². The smallest absolute Gasteiger partial charge is 0.358 e. The SMILES string of the molecule is COC(=O)c1cncc(N2CCCN(C)C(=O)C2)n1. The van der Waals surface area contributed by atoms with E-state index in [9.17, 15) is 9.59 Å². The lowest BCUT2D eigenvalue weighted by atomic mass is 10.4. The third-order valence-corrected chi connectivity index (χ3v) is 3.01. The van der Waals surface area contributed by atoms with Gasteiger partial charge in [0.25, 0.3) is 0 Å². The van der Waals surface area contributed by atoms with Crippen molar-refractivity contribution in [3.63, 3.8) is 0 Å². The second-order valence-electron chi connectivity index (χ2n) is 4.34. The monoisotopic (exact) mass is 264 g/mol. The van der Waals surface area contributed by atoms with Crippen molar-refractivity contribution in [2.45, 2.75) is 6.42 Å². The number of hydrogen-bond acceptors (Lipinski definition) is 6. The van der Waals surface area contributed by atoms with Gasteiger partial charge in [-0.25, -0.2) is 9.78 Å². The number of carbonyl (C=O) groups excluding carboxylic acids is 2. The summed E-state index contributed by atoms with van der Waals surface area (Å²) in [7, 11) is 3.07. The summed E-state index contributed by atoms with van der Waals surface area (Å²) in [5.41, 5.74) is 0.144. The first-order chi connectivity index (χ1) is 9.11. The summed E-state index contributed by atoms with van der Waals surface area (Å²) in [6.07, 6.45) is 3.75. The van der Waals surface area contributed by atoms with Gasteiger partial charge in [-0.15, -0.1) is 0 Å². The average Bonchev–Trinajstić information content (AvgIpc) is 2.60. The highest BCUT2D eigenvalue weighted by Crippen LogP contribution is 2.13. The van der Waals surface area contributed by atoms with Crippen LogP contribution in [0.2, 0.25) is 0 Å². The zero-order chi connectivity index (χ0) is 13.8. The van der Waals surface area contributed by atoms with Gasteiger partial charge in [-0.1, -0.05) is 0 Å². The van der Waals surface area contributed by atoms with Gasteiger partial charge < -0.3 is 14.5 Å². The summed E-state index contributed by atoms with van der Waals surface area (Å²) in [6.45, 7) is 1.67. The molecule has 0 aromatic carbocycles. The number of hydrogen-bond donors (Lipinski definition) is 0. The zero-order valence-corrected chi connectivity index (χ0v) is 11.0. The fourth-order valence-electron chi connectivity index (χ4n) is 1.89. The van der Waals surface area contributed by atoms with E-state index in [0.29, 0.717) is 12.4 Å². The fraction of sp³-hybridized carbons (Fsp3) is 0.500. The summed E-state index contributed by atoms with van der Waals surface area (Å²) >= 11 is 0. The second-order valence-corrected chi connectivity index (χ2v) is 4.34. The highest BCUT2D eigenvalue weighted by atomic mass is 16.5. The number of esters is 1. The van der Waals surface area contributed by atoms with Crippen LogP contribution < -0.4 is 4.90 Å². The van der Waals surface area contributed by atoms with Gasteiger partial charge in [0, 0.05) is 20.1 Å². The fourth-order valence-corrected chi connectivity index (χ4v) is 1.89. The van der Waals surface area contributed by atoms with Crippen molar-refractivity contribution in [2.75, 3.05) is 38.7 Å². The van der Waals surface area contributed by atoms with Crippen molar-refractivity contribution in [3.8, 4) is 0 Å². The van der Waals surface area contributed by atoms with Gasteiger partial charge in [-0.2, -0.15) is 0 Å². The standard InChI is InChI=1S/C12H16N4O3/c1-15-4-3-5-16(8-11(15)17)10-7-13-6-9(14-10)12(18)19-2/h6-7H,3-5,8H2,1-2H3. The average molecular weight is 264 g/mol. The van der Waals surface area contributed by atoms with Gasteiger partial charge in [0.1, 0.15) is 5.82 Å². The summed E-state index contributed by atoms with van der Waals surface area (Å²) < 4.78 is 4.61. The maximum Gasteiger partial charge on any atom is 0.358 e. The highest BCUT2D eigenvalue weighted by molar-refractivity contribution is 5.87. The molecule has 19 heavy (non-hydrogen) atoms. The number of aromatic nitrogens is 2. The second kappa shape index (κ2) is 5.64. The van der Waals surface area contributed by atoms with Crippen LogP contribution >= 0.6 is 0 Å². The molecule has 7 heteroatoms. The van der Waals surface area contributed by atoms with Crippen LogP contribution in [0.5, 0.6) is 0 Å². The number of likely N-dealkylation sites (N-methyl/N-ethyl adjacent to an activating group) is 1. The third-order valence-electron chi connectivity index (χ3n) is 3.01. The van der Waals surface area contributed by atoms with Crippen molar-refractivity contribution in [3.05, 3.63) is 18.1 Å². The first-order valence-corrected chi connectivity index (χ1v) is 6.01. The maximum absolute atomic E-state index is 11.8. The Morgan fingerprint density at radius 3 is 2.89 bits per heavy atom. The molecular formula is C12H16N4O3. The summed E-state index contributed by atoms with van der Waals surface area (Å²) in [5.74, 6) is 0.0157. The van der Waals surface area contributed by atoms with Crippen molar-refractivity contribution < 1.29 is 14.3 Å². The molecule has 1 saturated heterocycles. The quantitative estimate of drug-likeness (QED) is 0.696. The number of nitrogens with zero attached hydrogens (tertiary/aromatic N) is 4. The Morgan fingerprint density at radius 2 is 2.16 bits per heavy atom. The summed E-state index contributed by atoms with van der Waals surface area (Å²) in [4.78, 5) is 34.9. The summed E-state index contributed by atoms with van der Waals surface area (Å²) in [6, 6.07) is 0.